The second-order valence-corrected chi connectivity index (χ2v) is 4.90. The van der Waals surface area contributed by atoms with Crippen LogP contribution in [0.5, 0.6) is 0 Å². The van der Waals surface area contributed by atoms with E-state index < -0.39 is 0 Å². The molecule has 2 bridgehead atoms. The van der Waals surface area contributed by atoms with Gasteiger partial charge in [0.1, 0.15) is 5.82 Å². The van der Waals surface area contributed by atoms with Crippen molar-refractivity contribution in [3.63, 3.8) is 0 Å². The van der Waals surface area contributed by atoms with Crippen LogP contribution in [0.2, 0.25) is 0 Å². The molecule has 3 atom stereocenters. The summed E-state index contributed by atoms with van der Waals surface area (Å²) in [6, 6.07) is 6.73. The average molecular weight is 221 g/mol. The normalized spacial score (nSPS) is 36.9. The SMILES string of the molecule is NCC1(c2ccc(F)cc2)CC2CCC1O2. The zero-order valence-electron chi connectivity index (χ0n) is 9.16. The lowest BCUT2D eigenvalue weighted by molar-refractivity contribution is 0.0857. The lowest BCUT2D eigenvalue weighted by Crippen LogP contribution is -2.43. The maximum atomic E-state index is 12.9. The number of nitrogens with two attached hydrogens (primary N) is 1. The van der Waals surface area contributed by atoms with Crippen LogP contribution in [0.4, 0.5) is 4.39 Å². The van der Waals surface area contributed by atoms with E-state index in [1.165, 1.54) is 12.1 Å². The quantitative estimate of drug-likeness (QED) is 0.828. The van der Waals surface area contributed by atoms with Crippen molar-refractivity contribution >= 4 is 0 Å². The summed E-state index contributed by atoms with van der Waals surface area (Å²) in [6.45, 7) is 0.583. The van der Waals surface area contributed by atoms with Crippen LogP contribution >= 0.6 is 0 Å². The molecule has 2 heterocycles. The number of rotatable bonds is 2. The van der Waals surface area contributed by atoms with Gasteiger partial charge in [0.05, 0.1) is 12.2 Å². The first-order chi connectivity index (χ1) is 7.74. The van der Waals surface area contributed by atoms with Crippen LogP contribution in [0.25, 0.3) is 0 Å². The molecule has 3 heteroatoms. The summed E-state index contributed by atoms with van der Waals surface area (Å²) in [5.41, 5.74) is 7.01. The summed E-state index contributed by atoms with van der Waals surface area (Å²) in [4.78, 5) is 0. The molecule has 16 heavy (non-hydrogen) atoms. The molecular weight excluding hydrogens is 205 g/mol. The number of ether oxygens (including phenoxy) is 1. The standard InChI is InChI=1S/C13H16FNO/c14-10-3-1-9(2-4-10)13(8-15)7-11-5-6-12(13)16-11/h1-4,11-12H,5-8,15H2. The molecule has 0 spiro atoms. The maximum absolute atomic E-state index is 12.9. The summed E-state index contributed by atoms with van der Waals surface area (Å²) in [6.07, 6.45) is 3.80. The van der Waals surface area contributed by atoms with Crippen LogP contribution in [-0.2, 0) is 10.2 Å². The molecule has 2 N–H and O–H groups in total. The average Bonchev–Trinajstić information content (AvgIpc) is 2.90. The third kappa shape index (κ3) is 1.31. The minimum Gasteiger partial charge on any atom is -0.374 e. The van der Waals surface area contributed by atoms with Gasteiger partial charge in [-0.05, 0) is 37.0 Å². The van der Waals surface area contributed by atoms with Gasteiger partial charge < -0.3 is 10.5 Å². The number of benzene rings is 1. The third-order valence-electron chi connectivity index (χ3n) is 4.10. The largest absolute Gasteiger partial charge is 0.374 e. The van der Waals surface area contributed by atoms with Crippen molar-refractivity contribution in [3.05, 3.63) is 35.6 Å². The first-order valence-corrected chi connectivity index (χ1v) is 5.86. The van der Waals surface area contributed by atoms with E-state index in [0.29, 0.717) is 12.6 Å². The number of fused-ring (bicyclic) bond motifs is 2. The molecule has 2 fully saturated rings. The molecule has 2 saturated heterocycles. The second kappa shape index (κ2) is 3.54. The lowest BCUT2D eigenvalue weighted by atomic mass is 9.69. The van der Waals surface area contributed by atoms with E-state index in [2.05, 4.69) is 0 Å². The lowest BCUT2D eigenvalue weighted by Gasteiger charge is -2.34. The van der Waals surface area contributed by atoms with Gasteiger partial charge in [-0.1, -0.05) is 12.1 Å². The Morgan fingerprint density at radius 1 is 1.31 bits per heavy atom. The number of hydrogen-bond acceptors (Lipinski definition) is 2. The molecule has 0 radical (unpaired) electrons. The fourth-order valence-corrected chi connectivity index (χ4v) is 3.22. The first-order valence-electron chi connectivity index (χ1n) is 5.86. The van der Waals surface area contributed by atoms with Crippen LogP contribution in [0, 0.1) is 5.82 Å². The molecule has 2 aliphatic heterocycles. The molecular formula is C13H16FNO. The first kappa shape index (κ1) is 10.2. The Morgan fingerprint density at radius 3 is 2.56 bits per heavy atom. The van der Waals surface area contributed by atoms with Gasteiger partial charge >= 0.3 is 0 Å². The molecule has 1 aromatic carbocycles. The van der Waals surface area contributed by atoms with Crippen LogP contribution in [0.15, 0.2) is 24.3 Å². The van der Waals surface area contributed by atoms with Gasteiger partial charge in [-0.15, -0.1) is 0 Å². The smallest absolute Gasteiger partial charge is 0.123 e. The van der Waals surface area contributed by atoms with E-state index in [-0.39, 0.29) is 17.3 Å². The Hall–Kier alpha value is -0.930. The molecule has 0 saturated carbocycles. The van der Waals surface area contributed by atoms with E-state index in [1.54, 1.807) is 0 Å². The van der Waals surface area contributed by atoms with Crippen molar-refractivity contribution in [2.75, 3.05) is 6.54 Å². The predicted octanol–water partition coefficient (Wildman–Crippen LogP) is 1.97. The Labute approximate surface area is 94.6 Å². The van der Waals surface area contributed by atoms with Gasteiger partial charge in [-0.25, -0.2) is 4.39 Å². The summed E-state index contributed by atoms with van der Waals surface area (Å²) in [5.74, 6) is -0.194. The van der Waals surface area contributed by atoms with Crippen molar-refractivity contribution in [2.45, 2.75) is 36.9 Å². The molecule has 3 rings (SSSR count). The Morgan fingerprint density at radius 2 is 2.06 bits per heavy atom. The van der Waals surface area contributed by atoms with Crippen LogP contribution in [0.3, 0.4) is 0 Å². The van der Waals surface area contributed by atoms with Gasteiger partial charge in [-0.2, -0.15) is 0 Å². The van der Waals surface area contributed by atoms with Gasteiger partial charge in [0.2, 0.25) is 0 Å². The monoisotopic (exact) mass is 221 g/mol. The topological polar surface area (TPSA) is 35.2 Å². The highest BCUT2D eigenvalue weighted by molar-refractivity contribution is 5.31. The minimum atomic E-state index is -0.194. The predicted molar refractivity (Wildman–Crippen MR) is 59.6 cm³/mol. The van der Waals surface area contributed by atoms with Crippen molar-refractivity contribution in [1.29, 1.82) is 0 Å². The zero-order chi connectivity index (χ0) is 11.2. The Bertz CT molecular complexity index is 391. The van der Waals surface area contributed by atoms with Gasteiger partial charge in [0.25, 0.3) is 0 Å². The Kier molecular flexibility index (Phi) is 2.26. The second-order valence-electron chi connectivity index (χ2n) is 4.90. The summed E-state index contributed by atoms with van der Waals surface area (Å²) < 4.78 is 18.8. The number of halogens is 1. The van der Waals surface area contributed by atoms with Gasteiger partial charge in [-0.3, -0.25) is 0 Å². The van der Waals surface area contributed by atoms with Crippen LogP contribution in [-0.4, -0.2) is 18.8 Å². The van der Waals surface area contributed by atoms with Crippen LogP contribution in [0.1, 0.15) is 24.8 Å². The van der Waals surface area contributed by atoms with E-state index in [9.17, 15) is 4.39 Å². The van der Waals surface area contributed by atoms with E-state index in [1.807, 2.05) is 12.1 Å². The van der Waals surface area contributed by atoms with Crippen molar-refractivity contribution in [3.8, 4) is 0 Å². The molecule has 0 aliphatic carbocycles. The highest BCUT2D eigenvalue weighted by Crippen LogP contribution is 2.48. The molecule has 0 aromatic heterocycles. The fraction of sp³-hybridized carbons (Fsp3) is 0.538. The van der Waals surface area contributed by atoms with Gasteiger partial charge in [0, 0.05) is 12.0 Å². The van der Waals surface area contributed by atoms with E-state index in [4.69, 9.17) is 10.5 Å². The number of hydrogen-bond donors (Lipinski definition) is 1. The summed E-state index contributed by atoms with van der Waals surface area (Å²) >= 11 is 0. The van der Waals surface area contributed by atoms with Crippen molar-refractivity contribution in [1.82, 2.24) is 0 Å². The van der Waals surface area contributed by atoms with Gasteiger partial charge in [0.15, 0.2) is 0 Å². The highest BCUT2D eigenvalue weighted by atomic mass is 19.1. The molecule has 0 amide bonds. The van der Waals surface area contributed by atoms with Crippen molar-refractivity contribution < 1.29 is 9.13 Å². The zero-order valence-corrected chi connectivity index (χ0v) is 9.16. The molecule has 1 aromatic rings. The minimum absolute atomic E-state index is 0.0728. The summed E-state index contributed by atoms with van der Waals surface area (Å²) in [7, 11) is 0. The fourth-order valence-electron chi connectivity index (χ4n) is 3.22. The van der Waals surface area contributed by atoms with E-state index >= 15 is 0 Å². The molecule has 86 valence electrons. The van der Waals surface area contributed by atoms with Crippen LogP contribution < -0.4 is 5.73 Å². The van der Waals surface area contributed by atoms with Crippen molar-refractivity contribution in [2.24, 2.45) is 5.73 Å². The summed E-state index contributed by atoms with van der Waals surface area (Å²) in [5, 5.41) is 0. The molecule has 3 unspecified atom stereocenters. The third-order valence-corrected chi connectivity index (χ3v) is 4.10. The Balaban J connectivity index is 1.99. The molecule has 2 nitrogen and oxygen atoms in total. The highest BCUT2D eigenvalue weighted by Gasteiger charge is 2.52. The molecule has 2 aliphatic rings. The van der Waals surface area contributed by atoms with E-state index in [0.717, 1.165) is 24.8 Å². The maximum Gasteiger partial charge on any atom is 0.123 e.